The Kier molecular flexibility index (Phi) is 5.86. The SMILES string of the molecule is O=C1C(=O)N(CCC[NH+]2CCOCC2)C(c2cccs2)C1=C(O)c1ccc2c(c1)OCO2. The van der Waals surface area contributed by atoms with Gasteiger partial charge in [-0.1, -0.05) is 6.07 Å². The van der Waals surface area contributed by atoms with E-state index in [2.05, 4.69) is 0 Å². The number of morpholine rings is 1. The van der Waals surface area contributed by atoms with Crippen molar-refractivity contribution < 1.29 is 33.8 Å². The molecule has 0 saturated carbocycles. The van der Waals surface area contributed by atoms with Gasteiger partial charge in [0.15, 0.2) is 11.5 Å². The molecule has 5 rings (SSSR count). The molecular formula is C23H25N2O6S+. The number of quaternary nitrogens is 1. The average Bonchev–Trinajstić information content (AvgIpc) is 3.55. The number of fused-ring (bicyclic) bond motifs is 1. The maximum absolute atomic E-state index is 13.1. The quantitative estimate of drug-likeness (QED) is 0.385. The van der Waals surface area contributed by atoms with E-state index in [-0.39, 0.29) is 18.1 Å². The van der Waals surface area contributed by atoms with Gasteiger partial charge in [-0.15, -0.1) is 11.3 Å². The number of nitrogens with one attached hydrogen (secondary N) is 1. The number of hydrogen-bond donors (Lipinski definition) is 2. The van der Waals surface area contributed by atoms with Crippen molar-refractivity contribution in [3.05, 3.63) is 51.7 Å². The first-order chi connectivity index (χ1) is 15.6. The van der Waals surface area contributed by atoms with Crippen LogP contribution in [0.5, 0.6) is 11.5 Å². The summed E-state index contributed by atoms with van der Waals surface area (Å²) in [6, 6.07) is 8.19. The molecule has 0 aliphatic carbocycles. The molecule has 9 heteroatoms. The van der Waals surface area contributed by atoms with Crippen LogP contribution in [0, 0.1) is 0 Å². The molecular weight excluding hydrogens is 432 g/mol. The third-order valence-corrected chi connectivity index (χ3v) is 7.05. The van der Waals surface area contributed by atoms with Gasteiger partial charge in [0.25, 0.3) is 11.7 Å². The molecule has 8 nitrogen and oxygen atoms in total. The first-order valence-corrected chi connectivity index (χ1v) is 11.6. The fourth-order valence-electron chi connectivity index (χ4n) is 4.46. The highest BCUT2D eigenvalue weighted by Gasteiger charge is 2.46. The summed E-state index contributed by atoms with van der Waals surface area (Å²) < 4.78 is 16.1. The second-order valence-corrected chi connectivity index (χ2v) is 9.02. The number of likely N-dealkylation sites (tertiary alicyclic amines) is 1. The molecule has 2 saturated heterocycles. The van der Waals surface area contributed by atoms with E-state index in [1.807, 2.05) is 17.5 Å². The number of Topliss-reactive ketones (excluding diaryl/α,β-unsaturated/α-hetero) is 1. The molecule has 1 aromatic carbocycles. The van der Waals surface area contributed by atoms with Crippen LogP contribution in [-0.4, -0.2) is 67.9 Å². The minimum atomic E-state index is -0.655. The Balaban J connectivity index is 1.44. The van der Waals surface area contributed by atoms with Crippen molar-refractivity contribution in [1.29, 1.82) is 0 Å². The van der Waals surface area contributed by atoms with E-state index >= 15 is 0 Å². The molecule has 168 valence electrons. The molecule has 3 aliphatic heterocycles. The van der Waals surface area contributed by atoms with E-state index in [4.69, 9.17) is 14.2 Å². The highest BCUT2D eigenvalue weighted by atomic mass is 32.1. The molecule has 0 spiro atoms. The normalized spacial score (nSPS) is 22.6. The van der Waals surface area contributed by atoms with Gasteiger partial charge < -0.3 is 29.1 Å². The number of aliphatic hydroxyl groups is 1. The van der Waals surface area contributed by atoms with Crippen molar-refractivity contribution in [3.63, 3.8) is 0 Å². The largest absolute Gasteiger partial charge is 0.507 e. The molecule has 3 aliphatic rings. The van der Waals surface area contributed by atoms with Crippen molar-refractivity contribution >= 4 is 28.8 Å². The van der Waals surface area contributed by atoms with Crippen LogP contribution in [0.2, 0.25) is 0 Å². The number of carbonyl (C=O) groups is 2. The van der Waals surface area contributed by atoms with Crippen LogP contribution in [0.25, 0.3) is 5.76 Å². The fourth-order valence-corrected chi connectivity index (χ4v) is 5.31. The van der Waals surface area contributed by atoms with E-state index in [1.165, 1.54) is 16.2 Å². The van der Waals surface area contributed by atoms with Gasteiger partial charge in [-0.3, -0.25) is 9.59 Å². The molecule has 0 radical (unpaired) electrons. The minimum absolute atomic E-state index is 0.115. The van der Waals surface area contributed by atoms with E-state index < -0.39 is 17.7 Å². The van der Waals surface area contributed by atoms with Crippen LogP contribution in [0.3, 0.4) is 0 Å². The Hall–Kier alpha value is -2.88. The monoisotopic (exact) mass is 457 g/mol. The maximum Gasteiger partial charge on any atom is 0.295 e. The lowest BCUT2D eigenvalue weighted by Gasteiger charge is -2.27. The summed E-state index contributed by atoms with van der Waals surface area (Å²) >= 11 is 1.47. The lowest BCUT2D eigenvalue weighted by atomic mass is 9.99. The summed E-state index contributed by atoms with van der Waals surface area (Å²) in [7, 11) is 0. The fraction of sp³-hybridized carbons (Fsp3) is 0.391. The van der Waals surface area contributed by atoms with E-state index in [0.29, 0.717) is 23.6 Å². The zero-order valence-electron chi connectivity index (χ0n) is 17.5. The molecule has 4 heterocycles. The number of carbonyl (C=O) groups excluding carboxylic acids is 2. The number of amides is 1. The molecule has 1 unspecified atom stereocenters. The first kappa shape index (κ1) is 21.0. The highest BCUT2D eigenvalue weighted by molar-refractivity contribution is 7.10. The predicted molar refractivity (Wildman–Crippen MR) is 117 cm³/mol. The Labute approximate surface area is 189 Å². The van der Waals surface area contributed by atoms with Gasteiger partial charge in [-0.05, 0) is 29.6 Å². The summed E-state index contributed by atoms with van der Waals surface area (Å²) in [5, 5.41) is 13.0. The number of benzene rings is 1. The van der Waals surface area contributed by atoms with Gasteiger partial charge in [0.05, 0.1) is 31.4 Å². The van der Waals surface area contributed by atoms with Crippen LogP contribution in [0.4, 0.5) is 0 Å². The minimum Gasteiger partial charge on any atom is -0.507 e. The Bertz CT molecular complexity index is 1040. The number of ether oxygens (including phenoxy) is 3. The van der Waals surface area contributed by atoms with Crippen LogP contribution in [-0.2, 0) is 14.3 Å². The average molecular weight is 458 g/mol. The Morgan fingerprint density at radius 1 is 1.16 bits per heavy atom. The van der Waals surface area contributed by atoms with Crippen molar-refractivity contribution in [2.24, 2.45) is 0 Å². The molecule has 1 atom stereocenters. The van der Waals surface area contributed by atoms with Crippen LogP contribution in [0.15, 0.2) is 41.3 Å². The lowest BCUT2D eigenvalue weighted by Crippen LogP contribution is -3.14. The second-order valence-electron chi connectivity index (χ2n) is 8.04. The Morgan fingerprint density at radius 2 is 1.97 bits per heavy atom. The van der Waals surface area contributed by atoms with E-state index in [0.717, 1.165) is 44.1 Å². The number of ketones is 1. The molecule has 2 fully saturated rings. The van der Waals surface area contributed by atoms with Crippen molar-refractivity contribution in [2.45, 2.75) is 12.5 Å². The van der Waals surface area contributed by atoms with Gasteiger partial charge >= 0.3 is 0 Å². The summed E-state index contributed by atoms with van der Waals surface area (Å²) in [4.78, 5) is 29.9. The molecule has 2 aromatic rings. The smallest absolute Gasteiger partial charge is 0.295 e. The maximum atomic E-state index is 13.1. The lowest BCUT2D eigenvalue weighted by molar-refractivity contribution is -0.908. The van der Waals surface area contributed by atoms with Crippen molar-refractivity contribution in [2.75, 3.05) is 46.2 Å². The van der Waals surface area contributed by atoms with E-state index in [1.54, 1.807) is 23.1 Å². The van der Waals surface area contributed by atoms with Gasteiger partial charge in [0.1, 0.15) is 18.8 Å². The van der Waals surface area contributed by atoms with Crippen LogP contribution >= 0.6 is 11.3 Å². The number of thiophene rings is 1. The summed E-state index contributed by atoms with van der Waals surface area (Å²) in [6.07, 6.45) is 0.772. The standard InChI is InChI=1S/C23H24N2O6S/c26-21(15-4-5-16-17(13-15)31-14-30-16)19-20(18-3-1-12-32-18)25(23(28)22(19)27)7-2-6-24-8-10-29-11-9-24/h1,3-5,12-13,20,26H,2,6-11,14H2/p+1. The van der Waals surface area contributed by atoms with Crippen LogP contribution < -0.4 is 14.4 Å². The molecule has 1 aromatic heterocycles. The van der Waals surface area contributed by atoms with Crippen molar-refractivity contribution in [3.8, 4) is 11.5 Å². The van der Waals surface area contributed by atoms with Gasteiger partial charge in [-0.25, -0.2) is 0 Å². The molecule has 0 bridgehead atoms. The highest BCUT2D eigenvalue weighted by Crippen LogP contribution is 2.42. The number of rotatable bonds is 6. The van der Waals surface area contributed by atoms with E-state index in [9.17, 15) is 14.7 Å². The molecule has 32 heavy (non-hydrogen) atoms. The first-order valence-electron chi connectivity index (χ1n) is 10.8. The zero-order chi connectivity index (χ0) is 22.1. The predicted octanol–water partition coefficient (Wildman–Crippen LogP) is 1.20. The Morgan fingerprint density at radius 3 is 2.75 bits per heavy atom. The summed E-state index contributed by atoms with van der Waals surface area (Å²) in [5.74, 6) is -0.326. The van der Waals surface area contributed by atoms with Crippen LogP contribution in [0.1, 0.15) is 22.9 Å². The topological polar surface area (TPSA) is 89.7 Å². The molecule has 1 amide bonds. The summed E-state index contributed by atoms with van der Waals surface area (Å²) in [5.41, 5.74) is 0.543. The third-order valence-electron chi connectivity index (χ3n) is 6.13. The third kappa shape index (κ3) is 3.87. The zero-order valence-corrected chi connectivity index (χ0v) is 18.4. The molecule has 2 N–H and O–H groups in total. The summed E-state index contributed by atoms with van der Waals surface area (Å²) in [6.45, 7) is 4.90. The van der Waals surface area contributed by atoms with Crippen molar-refractivity contribution in [1.82, 2.24) is 4.90 Å². The van der Waals surface area contributed by atoms with Gasteiger partial charge in [-0.2, -0.15) is 0 Å². The number of hydrogen-bond acceptors (Lipinski definition) is 7. The van der Waals surface area contributed by atoms with Gasteiger partial charge in [0, 0.05) is 23.4 Å². The van der Waals surface area contributed by atoms with Gasteiger partial charge in [0.2, 0.25) is 6.79 Å². The number of aliphatic hydroxyl groups excluding tert-OH is 1. The number of nitrogens with zero attached hydrogens (tertiary/aromatic N) is 1. The second kappa shape index (κ2) is 8.93.